The molecule has 0 saturated heterocycles. The quantitative estimate of drug-likeness (QED) is 0.327. The predicted molar refractivity (Wildman–Crippen MR) is 140 cm³/mol. The van der Waals surface area contributed by atoms with E-state index in [1.165, 1.54) is 6.26 Å². The molecule has 1 aromatic carbocycles. The number of nitrogens with two attached hydrogens (primary N) is 1. The van der Waals surface area contributed by atoms with E-state index in [4.69, 9.17) is 9.56 Å². The van der Waals surface area contributed by atoms with Crippen LogP contribution in [0.3, 0.4) is 0 Å². The molecule has 1 amide bonds. The van der Waals surface area contributed by atoms with E-state index in [0.29, 0.717) is 24.3 Å². The number of halogens is 3. The molecule has 0 saturated carbocycles. The molecular weight excluding hydrogens is 579 g/mol. The van der Waals surface area contributed by atoms with Crippen molar-refractivity contribution in [1.29, 1.82) is 0 Å². The van der Waals surface area contributed by atoms with Gasteiger partial charge >= 0.3 is 6.18 Å². The van der Waals surface area contributed by atoms with E-state index in [1.54, 1.807) is 13.0 Å². The molecule has 0 radical (unpaired) electrons. The number of furan rings is 1. The summed E-state index contributed by atoms with van der Waals surface area (Å²) in [7, 11) is -7.61. The maximum absolute atomic E-state index is 13.6. The fraction of sp³-hybridized carbons (Fsp3) is 0.391. The number of benzene rings is 1. The molecule has 2 aromatic rings. The number of rotatable bonds is 8. The van der Waals surface area contributed by atoms with E-state index in [1.807, 2.05) is 13.8 Å². The van der Waals surface area contributed by atoms with Crippen LogP contribution in [0, 0.1) is 0 Å². The van der Waals surface area contributed by atoms with Crippen LogP contribution in [0.5, 0.6) is 5.75 Å². The second-order valence-corrected chi connectivity index (χ2v) is 12.7. The summed E-state index contributed by atoms with van der Waals surface area (Å²) in [5.74, 6) is -2.51. The van der Waals surface area contributed by atoms with Gasteiger partial charge in [-0.15, -0.1) is 4.40 Å². The molecule has 0 spiro atoms. The van der Waals surface area contributed by atoms with Crippen LogP contribution < -0.4 is 15.8 Å². The molecule has 12 nitrogen and oxygen atoms in total. The Morgan fingerprint density at radius 3 is 2.35 bits per heavy atom. The average Bonchev–Trinajstić information content (AvgIpc) is 3.39. The molecule has 1 aliphatic rings. The third-order valence-corrected chi connectivity index (χ3v) is 9.02. The van der Waals surface area contributed by atoms with Gasteiger partial charge in [0.15, 0.2) is 11.6 Å². The van der Waals surface area contributed by atoms with Crippen molar-refractivity contribution in [2.45, 2.75) is 45.3 Å². The summed E-state index contributed by atoms with van der Waals surface area (Å²) in [6.45, 7) is 5.56. The second kappa shape index (κ2) is 10.8. The zero-order valence-corrected chi connectivity index (χ0v) is 23.6. The number of amides is 1. The number of sulfonamides is 2. The molecule has 40 heavy (non-hydrogen) atoms. The first-order valence-electron chi connectivity index (χ1n) is 11.7. The molecule has 2 heterocycles. The Balaban J connectivity index is 2.18. The highest BCUT2D eigenvalue weighted by Crippen LogP contribution is 2.41. The Labute approximate surface area is 228 Å². The number of carbonyl (C=O) groups is 1. The third kappa shape index (κ3) is 6.10. The van der Waals surface area contributed by atoms with Crippen molar-refractivity contribution >= 4 is 37.5 Å². The zero-order valence-electron chi connectivity index (χ0n) is 22.0. The lowest BCUT2D eigenvalue weighted by atomic mass is 10.0. The van der Waals surface area contributed by atoms with Crippen molar-refractivity contribution in [3.8, 4) is 5.75 Å². The van der Waals surface area contributed by atoms with E-state index >= 15 is 0 Å². The number of alkyl halides is 3. The van der Waals surface area contributed by atoms with Crippen LogP contribution in [-0.4, -0.2) is 52.7 Å². The van der Waals surface area contributed by atoms with Gasteiger partial charge in [-0.05, 0) is 36.1 Å². The second-order valence-electron chi connectivity index (χ2n) is 9.37. The van der Waals surface area contributed by atoms with Crippen molar-refractivity contribution < 1.29 is 44.3 Å². The monoisotopic (exact) mass is 607 g/mol. The molecule has 5 N–H and O–H groups in total. The van der Waals surface area contributed by atoms with Gasteiger partial charge in [-0.1, -0.05) is 20.8 Å². The fourth-order valence-electron chi connectivity index (χ4n) is 3.83. The summed E-state index contributed by atoms with van der Waals surface area (Å²) in [5, 5.41) is 21.0. The predicted octanol–water partition coefficient (Wildman–Crippen LogP) is 3.18. The SMILES string of the molecule is CC[C@@H](NC1=NS(=O)(=O)C(S(N)(=O)=O)=C1Nc1ccc(C(F)(F)F)c(C(=O)N(C)C)c1O)c1cc(C(C)C)co1. The number of nitrogens with zero attached hydrogens (tertiary/aromatic N) is 2. The molecule has 1 aliphatic heterocycles. The van der Waals surface area contributed by atoms with Crippen LogP contribution >= 0.6 is 0 Å². The van der Waals surface area contributed by atoms with Gasteiger partial charge in [-0.25, -0.2) is 13.6 Å². The lowest BCUT2D eigenvalue weighted by Crippen LogP contribution is -2.32. The number of phenolic OH excluding ortho intramolecular Hbond substituents is 1. The lowest BCUT2D eigenvalue weighted by molar-refractivity contribution is -0.138. The van der Waals surface area contributed by atoms with E-state index < -0.39 is 76.5 Å². The van der Waals surface area contributed by atoms with Gasteiger partial charge in [0.25, 0.3) is 26.0 Å². The molecule has 0 unspecified atom stereocenters. The normalized spacial score (nSPS) is 16.2. The maximum Gasteiger partial charge on any atom is 0.417 e. The largest absolute Gasteiger partial charge is 0.505 e. The summed E-state index contributed by atoms with van der Waals surface area (Å²) in [6, 6.07) is 2.17. The van der Waals surface area contributed by atoms with E-state index in [-0.39, 0.29) is 5.92 Å². The first kappa shape index (κ1) is 31.0. The molecule has 1 atom stereocenters. The summed E-state index contributed by atoms with van der Waals surface area (Å²) in [4.78, 5) is 13.4. The Morgan fingerprint density at radius 1 is 1.25 bits per heavy atom. The van der Waals surface area contributed by atoms with Gasteiger partial charge < -0.3 is 25.1 Å². The molecule has 3 rings (SSSR count). The van der Waals surface area contributed by atoms with Gasteiger partial charge in [0.05, 0.1) is 29.1 Å². The smallest absolute Gasteiger partial charge is 0.417 e. The molecular formula is C23H28F3N5O7S2. The average molecular weight is 608 g/mol. The van der Waals surface area contributed by atoms with Crippen molar-refractivity contribution in [2.75, 3.05) is 19.4 Å². The number of amidine groups is 1. The minimum atomic E-state index is -5.04. The summed E-state index contributed by atoms with van der Waals surface area (Å²) >= 11 is 0. The van der Waals surface area contributed by atoms with E-state index in [0.717, 1.165) is 24.6 Å². The first-order chi connectivity index (χ1) is 18.3. The Morgan fingerprint density at radius 2 is 1.88 bits per heavy atom. The maximum atomic E-state index is 13.6. The highest BCUT2D eigenvalue weighted by Gasteiger charge is 2.42. The summed E-state index contributed by atoms with van der Waals surface area (Å²) in [6.07, 6.45) is -3.24. The van der Waals surface area contributed by atoms with Crippen LogP contribution in [0.2, 0.25) is 0 Å². The summed E-state index contributed by atoms with van der Waals surface area (Å²) < 4.78 is 98.8. The molecule has 0 bridgehead atoms. The van der Waals surface area contributed by atoms with Crippen LogP contribution in [0.25, 0.3) is 0 Å². The van der Waals surface area contributed by atoms with Crippen LogP contribution in [-0.2, 0) is 26.2 Å². The standard InChI is InChI=1S/C23H28F3N5O7S2/c1-6-14(16-9-12(10-38-16)11(2)3)29-20-18(22(39(27,34)35)40(36,37)30-20)28-15-8-7-13(23(24,25)26)17(19(15)32)21(33)31(4)5/h7-11,14,28,32H,6H2,1-5H3,(H,29,30)(H2,27,34,35)/t14-/m1/s1. The Bertz CT molecular complexity index is 1610. The number of hydrogen-bond donors (Lipinski definition) is 4. The first-order valence-corrected chi connectivity index (χ1v) is 14.7. The van der Waals surface area contributed by atoms with Crippen molar-refractivity contribution in [3.63, 3.8) is 0 Å². The number of aromatic hydroxyl groups is 1. The summed E-state index contributed by atoms with van der Waals surface area (Å²) in [5.41, 5.74) is -3.16. The van der Waals surface area contributed by atoms with Gasteiger partial charge in [-0.3, -0.25) is 4.79 Å². The number of hydrogen-bond acceptors (Lipinski definition) is 9. The third-order valence-electron chi connectivity index (χ3n) is 5.88. The van der Waals surface area contributed by atoms with Gasteiger partial charge in [0.2, 0.25) is 4.24 Å². The van der Waals surface area contributed by atoms with Crippen LogP contribution in [0.1, 0.15) is 66.4 Å². The van der Waals surface area contributed by atoms with Crippen LogP contribution in [0.15, 0.2) is 43.2 Å². The van der Waals surface area contributed by atoms with Gasteiger partial charge in [-0.2, -0.15) is 21.6 Å². The molecule has 1 aromatic heterocycles. The molecule has 17 heteroatoms. The number of anilines is 1. The minimum absolute atomic E-state index is 0.104. The van der Waals surface area contributed by atoms with Crippen molar-refractivity contribution in [1.82, 2.24) is 10.2 Å². The Kier molecular flexibility index (Phi) is 8.34. The fourth-order valence-corrected chi connectivity index (χ4v) is 6.42. The van der Waals surface area contributed by atoms with E-state index in [2.05, 4.69) is 15.0 Å². The number of primary sulfonamides is 1. The minimum Gasteiger partial charge on any atom is -0.505 e. The van der Waals surface area contributed by atoms with Gasteiger partial charge in [0.1, 0.15) is 11.5 Å². The molecule has 0 aliphatic carbocycles. The number of nitrogens with one attached hydrogen (secondary N) is 2. The number of phenols is 1. The molecule has 0 fully saturated rings. The van der Waals surface area contributed by atoms with Crippen LogP contribution in [0.4, 0.5) is 18.9 Å². The number of carbonyl (C=O) groups excluding carboxylic acids is 1. The highest BCUT2D eigenvalue weighted by molar-refractivity contribution is 8.13. The zero-order chi connectivity index (χ0) is 30.4. The topological polar surface area (TPSA) is 184 Å². The lowest BCUT2D eigenvalue weighted by Gasteiger charge is -2.21. The Hall–Kier alpha value is -3.57. The highest BCUT2D eigenvalue weighted by atomic mass is 32.3. The van der Waals surface area contributed by atoms with Crippen molar-refractivity contribution in [2.24, 2.45) is 9.54 Å². The van der Waals surface area contributed by atoms with E-state index in [9.17, 15) is 39.9 Å². The van der Waals surface area contributed by atoms with Crippen molar-refractivity contribution in [3.05, 3.63) is 56.8 Å². The molecule has 220 valence electrons. The van der Waals surface area contributed by atoms with Gasteiger partial charge in [0, 0.05) is 14.1 Å².